The van der Waals surface area contributed by atoms with Crippen LogP contribution in [-0.2, 0) is 16.8 Å². The first-order valence-corrected chi connectivity index (χ1v) is 12.5. The molecule has 1 aliphatic carbocycles. The van der Waals surface area contributed by atoms with Crippen molar-refractivity contribution in [3.63, 3.8) is 0 Å². The molecular formula is C28H30FN5O2. The van der Waals surface area contributed by atoms with Gasteiger partial charge in [-0.2, -0.15) is 10.4 Å². The second-order valence-corrected chi connectivity index (χ2v) is 9.69. The second-order valence-electron chi connectivity index (χ2n) is 9.69. The van der Waals surface area contributed by atoms with Crippen LogP contribution in [0.2, 0.25) is 0 Å². The number of alkyl halides is 1. The third-order valence-corrected chi connectivity index (χ3v) is 7.53. The predicted octanol–water partition coefficient (Wildman–Crippen LogP) is 4.90. The zero-order chi connectivity index (χ0) is 25.1. The van der Waals surface area contributed by atoms with E-state index in [1.807, 2.05) is 18.2 Å². The number of H-pyrrole nitrogens is 1. The number of likely N-dealkylation sites (tertiary alicyclic amines) is 1. The molecule has 5 rings (SSSR count). The van der Waals surface area contributed by atoms with E-state index in [-0.39, 0.29) is 31.8 Å². The van der Waals surface area contributed by atoms with E-state index >= 15 is 4.39 Å². The minimum Gasteiger partial charge on any atom is -0.384 e. The molecule has 1 amide bonds. The topological polar surface area (TPSA) is 94.9 Å². The van der Waals surface area contributed by atoms with Crippen molar-refractivity contribution in [2.24, 2.45) is 0 Å². The Balaban J connectivity index is 1.36. The van der Waals surface area contributed by atoms with Crippen molar-refractivity contribution in [1.82, 2.24) is 20.1 Å². The standard InChI is InChI=1S/C28H30FN5O2/c1-36-16-11-25-31-26(33-32-25)23-17-20(9-10-22(23)19-6-4-7-19)27(35)34-14-12-28(29,13-15-34)24-8-3-2-5-21(24)18-30/h2-3,5,8-10,17,19H,4,6-7,11-16H2,1H3,(H,31,32,33). The number of hydrogen-bond donors (Lipinski definition) is 1. The lowest BCUT2D eigenvalue weighted by molar-refractivity contribution is 0.0420. The van der Waals surface area contributed by atoms with E-state index in [2.05, 4.69) is 21.3 Å². The molecule has 8 heteroatoms. The van der Waals surface area contributed by atoms with Crippen molar-refractivity contribution in [3.05, 3.63) is 70.5 Å². The zero-order valence-electron chi connectivity index (χ0n) is 20.5. The van der Waals surface area contributed by atoms with Gasteiger partial charge in [0, 0.05) is 56.2 Å². The van der Waals surface area contributed by atoms with Crippen molar-refractivity contribution in [3.8, 4) is 17.5 Å². The maximum Gasteiger partial charge on any atom is 0.253 e. The summed E-state index contributed by atoms with van der Waals surface area (Å²) in [5.74, 6) is 1.66. The summed E-state index contributed by atoms with van der Waals surface area (Å²) in [7, 11) is 1.65. The van der Waals surface area contributed by atoms with E-state index in [4.69, 9.17) is 4.74 Å². The number of benzene rings is 2. The molecule has 0 unspecified atom stereocenters. The van der Waals surface area contributed by atoms with E-state index in [0.717, 1.165) is 24.2 Å². The Hall–Kier alpha value is -3.57. The summed E-state index contributed by atoms with van der Waals surface area (Å²) in [5, 5.41) is 16.8. The van der Waals surface area contributed by atoms with Crippen molar-refractivity contribution >= 4 is 5.91 Å². The predicted molar refractivity (Wildman–Crippen MR) is 133 cm³/mol. The second kappa shape index (κ2) is 10.2. The smallest absolute Gasteiger partial charge is 0.253 e. The summed E-state index contributed by atoms with van der Waals surface area (Å²) >= 11 is 0. The van der Waals surface area contributed by atoms with Crippen LogP contribution in [0.4, 0.5) is 4.39 Å². The van der Waals surface area contributed by atoms with Gasteiger partial charge in [0.15, 0.2) is 5.82 Å². The van der Waals surface area contributed by atoms with Gasteiger partial charge in [0.2, 0.25) is 0 Å². The van der Waals surface area contributed by atoms with Gasteiger partial charge in [0.05, 0.1) is 18.2 Å². The Labute approximate surface area is 210 Å². The van der Waals surface area contributed by atoms with Gasteiger partial charge in [-0.1, -0.05) is 30.7 Å². The molecule has 7 nitrogen and oxygen atoms in total. The fourth-order valence-electron chi connectivity index (χ4n) is 5.17. The van der Waals surface area contributed by atoms with Crippen LogP contribution in [0.15, 0.2) is 42.5 Å². The average Bonchev–Trinajstić information content (AvgIpc) is 3.35. The lowest BCUT2D eigenvalue weighted by atomic mass is 9.77. The Kier molecular flexibility index (Phi) is 6.84. The van der Waals surface area contributed by atoms with Crippen LogP contribution in [0, 0.1) is 11.3 Å². The number of nitriles is 1. The number of halogens is 1. The SMILES string of the molecule is COCCc1nc(-c2cc(C(=O)N3CCC(F)(c4ccccc4C#N)CC3)ccc2C2CCC2)n[nH]1. The summed E-state index contributed by atoms with van der Waals surface area (Å²) in [5.41, 5.74) is 1.77. The van der Waals surface area contributed by atoms with Crippen LogP contribution in [0.25, 0.3) is 11.4 Å². The highest BCUT2D eigenvalue weighted by atomic mass is 19.1. The van der Waals surface area contributed by atoms with Gasteiger partial charge in [-0.25, -0.2) is 9.37 Å². The van der Waals surface area contributed by atoms with E-state index in [1.54, 1.807) is 36.3 Å². The lowest BCUT2D eigenvalue weighted by Crippen LogP contribution is -2.43. The van der Waals surface area contributed by atoms with Gasteiger partial charge in [0.1, 0.15) is 11.5 Å². The maximum absolute atomic E-state index is 15.8. The number of piperidine rings is 1. The Morgan fingerprint density at radius 3 is 2.72 bits per heavy atom. The molecule has 36 heavy (non-hydrogen) atoms. The van der Waals surface area contributed by atoms with Gasteiger partial charge in [0.25, 0.3) is 5.91 Å². The number of rotatable bonds is 7. The highest BCUT2D eigenvalue weighted by Gasteiger charge is 2.39. The number of carbonyl (C=O) groups is 1. The fraction of sp³-hybridized carbons (Fsp3) is 0.429. The summed E-state index contributed by atoms with van der Waals surface area (Å²) in [6.45, 7) is 1.12. The molecule has 0 atom stereocenters. The molecule has 1 aromatic heterocycles. The monoisotopic (exact) mass is 487 g/mol. The lowest BCUT2D eigenvalue weighted by Gasteiger charge is -2.37. The first kappa shape index (κ1) is 24.1. The van der Waals surface area contributed by atoms with Crippen molar-refractivity contribution in [2.75, 3.05) is 26.8 Å². The Morgan fingerprint density at radius 2 is 2.03 bits per heavy atom. The van der Waals surface area contributed by atoms with Gasteiger partial charge in [-0.05, 0) is 42.5 Å². The van der Waals surface area contributed by atoms with E-state index in [0.29, 0.717) is 41.5 Å². The number of aromatic amines is 1. The molecule has 2 aromatic carbocycles. The molecule has 2 aliphatic rings. The average molecular weight is 488 g/mol. The molecule has 0 radical (unpaired) electrons. The molecular weight excluding hydrogens is 457 g/mol. The molecule has 186 valence electrons. The van der Waals surface area contributed by atoms with Gasteiger partial charge >= 0.3 is 0 Å². The summed E-state index contributed by atoms with van der Waals surface area (Å²) in [6, 6.07) is 14.7. The zero-order valence-corrected chi connectivity index (χ0v) is 20.5. The van der Waals surface area contributed by atoms with Gasteiger partial charge < -0.3 is 9.64 Å². The molecule has 2 heterocycles. The molecule has 3 aromatic rings. The highest BCUT2D eigenvalue weighted by molar-refractivity contribution is 5.95. The number of carbonyl (C=O) groups excluding carboxylic acids is 1. The van der Waals surface area contributed by atoms with Gasteiger partial charge in [-0.15, -0.1) is 0 Å². The number of hydrogen-bond acceptors (Lipinski definition) is 5. The van der Waals surface area contributed by atoms with Crippen LogP contribution >= 0.6 is 0 Å². The fourth-order valence-corrected chi connectivity index (χ4v) is 5.17. The van der Waals surface area contributed by atoms with E-state index in [9.17, 15) is 10.1 Å². The number of methoxy groups -OCH3 is 1. The first-order chi connectivity index (χ1) is 17.5. The third-order valence-electron chi connectivity index (χ3n) is 7.53. The Morgan fingerprint density at radius 1 is 1.25 bits per heavy atom. The van der Waals surface area contributed by atoms with Crippen LogP contribution in [0.5, 0.6) is 0 Å². The van der Waals surface area contributed by atoms with Gasteiger partial charge in [-0.3, -0.25) is 9.89 Å². The molecule has 0 spiro atoms. The molecule has 1 aliphatic heterocycles. The highest BCUT2D eigenvalue weighted by Crippen LogP contribution is 2.42. The van der Waals surface area contributed by atoms with Crippen LogP contribution in [0.1, 0.15) is 70.9 Å². The molecule has 0 bridgehead atoms. The maximum atomic E-state index is 15.8. The number of aromatic nitrogens is 3. The molecule has 2 fully saturated rings. The van der Waals surface area contributed by atoms with E-state index < -0.39 is 5.67 Å². The normalized spacial score (nSPS) is 17.4. The van der Waals surface area contributed by atoms with E-state index in [1.165, 1.54) is 12.0 Å². The molecule has 1 saturated carbocycles. The van der Waals surface area contributed by atoms with Crippen molar-refractivity contribution in [1.29, 1.82) is 5.26 Å². The largest absolute Gasteiger partial charge is 0.384 e. The van der Waals surface area contributed by atoms with Crippen LogP contribution in [-0.4, -0.2) is 52.8 Å². The summed E-state index contributed by atoms with van der Waals surface area (Å²) in [4.78, 5) is 19.8. The van der Waals surface area contributed by atoms with Crippen molar-refractivity contribution in [2.45, 2.75) is 50.1 Å². The number of amides is 1. The first-order valence-electron chi connectivity index (χ1n) is 12.5. The van der Waals surface area contributed by atoms with Crippen LogP contribution < -0.4 is 0 Å². The number of nitrogens with one attached hydrogen (secondary N) is 1. The quantitative estimate of drug-likeness (QED) is 0.511. The van der Waals surface area contributed by atoms with Crippen molar-refractivity contribution < 1.29 is 13.9 Å². The summed E-state index contributed by atoms with van der Waals surface area (Å²) in [6.07, 6.45) is 4.40. The Bertz CT molecular complexity index is 1290. The number of ether oxygens (including phenoxy) is 1. The van der Waals surface area contributed by atoms with Crippen LogP contribution in [0.3, 0.4) is 0 Å². The minimum atomic E-state index is -1.61. The third kappa shape index (κ3) is 4.63. The minimum absolute atomic E-state index is 0.123. The number of nitrogens with zero attached hydrogens (tertiary/aromatic N) is 4. The summed E-state index contributed by atoms with van der Waals surface area (Å²) < 4.78 is 21.0. The molecule has 1 N–H and O–H groups in total. The molecule has 1 saturated heterocycles.